The van der Waals surface area contributed by atoms with E-state index in [-0.39, 0.29) is 42.8 Å². The number of nitrogens with zero attached hydrogens (tertiary/aromatic N) is 2. The van der Waals surface area contributed by atoms with Gasteiger partial charge in [0.05, 0.1) is 12.1 Å². The fourth-order valence-electron chi connectivity index (χ4n) is 3.85. The van der Waals surface area contributed by atoms with Crippen LogP contribution in [0.2, 0.25) is 0 Å². The van der Waals surface area contributed by atoms with Gasteiger partial charge in [-0.05, 0) is 50.3 Å². The third kappa shape index (κ3) is 7.48. The number of carbonyl (C=O) groups is 3. The van der Waals surface area contributed by atoms with Crippen LogP contribution in [0, 0.1) is 0 Å². The summed E-state index contributed by atoms with van der Waals surface area (Å²) in [5.74, 6) is -0.524. The Labute approximate surface area is 209 Å². The molecule has 0 spiro atoms. The lowest BCUT2D eigenvalue weighted by atomic mass is 10.1. The summed E-state index contributed by atoms with van der Waals surface area (Å²) in [7, 11) is 0. The predicted octanol–water partition coefficient (Wildman–Crippen LogP) is 4.07. The predicted molar refractivity (Wildman–Crippen MR) is 137 cm³/mol. The number of hydrogen-bond acceptors (Lipinski definition) is 5. The van der Waals surface area contributed by atoms with Crippen molar-refractivity contribution in [2.24, 2.45) is 0 Å². The van der Waals surface area contributed by atoms with Crippen molar-refractivity contribution in [3.8, 4) is 0 Å². The van der Waals surface area contributed by atoms with Gasteiger partial charge >= 0.3 is 0 Å². The third-order valence-electron chi connectivity index (χ3n) is 5.84. The first-order valence-corrected chi connectivity index (χ1v) is 12.8. The Balaban J connectivity index is 1.24. The molecule has 1 fully saturated rings. The van der Waals surface area contributed by atoms with E-state index in [4.69, 9.17) is 0 Å². The SMILES string of the molecule is CC(CCc1ccccc1)NC(=O)Cc1csc(NC(=O)CN(C(=O)c2ccccc2)C2CC2)n1. The number of anilines is 1. The van der Waals surface area contributed by atoms with Gasteiger partial charge in [0, 0.05) is 23.0 Å². The number of rotatable bonds is 11. The lowest BCUT2D eigenvalue weighted by Gasteiger charge is -2.21. The molecular formula is C27H30N4O3S. The van der Waals surface area contributed by atoms with Crippen LogP contribution >= 0.6 is 11.3 Å². The number of thiazole rings is 1. The Morgan fingerprint density at radius 1 is 1.03 bits per heavy atom. The average molecular weight is 491 g/mol. The second kappa shape index (κ2) is 11.8. The lowest BCUT2D eigenvalue weighted by Crippen LogP contribution is -2.39. The van der Waals surface area contributed by atoms with Crippen molar-refractivity contribution in [2.75, 3.05) is 11.9 Å². The Bertz CT molecular complexity index is 1150. The van der Waals surface area contributed by atoms with Crippen molar-refractivity contribution in [2.45, 2.75) is 51.1 Å². The van der Waals surface area contributed by atoms with Gasteiger partial charge in [-0.25, -0.2) is 4.98 Å². The number of carbonyl (C=O) groups excluding carboxylic acids is 3. The van der Waals surface area contributed by atoms with Gasteiger partial charge in [-0.15, -0.1) is 11.3 Å². The van der Waals surface area contributed by atoms with Gasteiger partial charge in [0.1, 0.15) is 6.54 Å². The van der Waals surface area contributed by atoms with E-state index in [0.29, 0.717) is 16.4 Å². The highest BCUT2D eigenvalue weighted by atomic mass is 32.1. The van der Waals surface area contributed by atoms with Gasteiger partial charge in [-0.2, -0.15) is 0 Å². The minimum atomic E-state index is -0.291. The number of nitrogens with one attached hydrogen (secondary N) is 2. The summed E-state index contributed by atoms with van der Waals surface area (Å²) < 4.78 is 0. The van der Waals surface area contributed by atoms with Crippen molar-refractivity contribution < 1.29 is 14.4 Å². The van der Waals surface area contributed by atoms with Crippen molar-refractivity contribution in [1.82, 2.24) is 15.2 Å². The molecule has 0 aliphatic heterocycles. The Morgan fingerprint density at radius 3 is 2.40 bits per heavy atom. The van der Waals surface area contributed by atoms with Crippen molar-refractivity contribution in [1.29, 1.82) is 0 Å². The lowest BCUT2D eigenvalue weighted by molar-refractivity contribution is -0.121. The quantitative estimate of drug-likeness (QED) is 0.424. The van der Waals surface area contributed by atoms with E-state index < -0.39 is 0 Å². The number of aromatic nitrogens is 1. The van der Waals surface area contributed by atoms with E-state index in [0.717, 1.165) is 25.7 Å². The molecule has 1 saturated carbocycles. The maximum Gasteiger partial charge on any atom is 0.254 e. The first-order valence-electron chi connectivity index (χ1n) is 11.9. The van der Waals surface area contributed by atoms with Gasteiger partial charge in [0.25, 0.3) is 5.91 Å². The zero-order valence-electron chi connectivity index (χ0n) is 19.8. The molecule has 0 bridgehead atoms. The second-order valence-electron chi connectivity index (χ2n) is 8.89. The summed E-state index contributed by atoms with van der Waals surface area (Å²) in [6, 6.07) is 19.4. The number of amides is 3. The molecule has 2 N–H and O–H groups in total. The van der Waals surface area contributed by atoms with E-state index in [1.54, 1.807) is 22.4 Å². The normalized spacial score (nSPS) is 13.6. The van der Waals surface area contributed by atoms with E-state index in [1.165, 1.54) is 16.9 Å². The zero-order valence-corrected chi connectivity index (χ0v) is 20.6. The van der Waals surface area contributed by atoms with Crippen LogP contribution in [-0.4, -0.2) is 46.2 Å². The number of benzene rings is 2. The van der Waals surface area contributed by atoms with Crippen LogP contribution in [0.4, 0.5) is 5.13 Å². The summed E-state index contributed by atoms with van der Waals surface area (Å²) >= 11 is 1.28. The van der Waals surface area contributed by atoms with Crippen molar-refractivity contribution in [3.05, 3.63) is 82.9 Å². The fraction of sp³-hybridized carbons (Fsp3) is 0.333. The maximum absolute atomic E-state index is 12.8. The highest BCUT2D eigenvalue weighted by Gasteiger charge is 2.34. The second-order valence-corrected chi connectivity index (χ2v) is 9.75. The topological polar surface area (TPSA) is 91.4 Å². The molecule has 2 aromatic carbocycles. The molecule has 182 valence electrons. The Morgan fingerprint density at radius 2 is 1.71 bits per heavy atom. The molecule has 7 nitrogen and oxygen atoms in total. The van der Waals surface area contributed by atoms with Gasteiger partial charge in [0.2, 0.25) is 11.8 Å². The summed E-state index contributed by atoms with van der Waals surface area (Å²) in [5, 5.41) is 8.00. The summed E-state index contributed by atoms with van der Waals surface area (Å²) in [6.45, 7) is 1.97. The van der Waals surface area contributed by atoms with Gasteiger partial charge in [-0.3, -0.25) is 14.4 Å². The molecule has 1 aliphatic carbocycles. The largest absolute Gasteiger partial charge is 0.353 e. The summed E-state index contributed by atoms with van der Waals surface area (Å²) in [4.78, 5) is 43.9. The maximum atomic E-state index is 12.8. The highest BCUT2D eigenvalue weighted by Crippen LogP contribution is 2.28. The van der Waals surface area contributed by atoms with Crippen molar-refractivity contribution in [3.63, 3.8) is 0 Å². The van der Waals surface area contributed by atoms with Gasteiger partial charge in [0.15, 0.2) is 5.13 Å². The molecule has 3 aromatic rings. The van der Waals surface area contributed by atoms with Crippen LogP contribution in [0.5, 0.6) is 0 Å². The first-order chi connectivity index (χ1) is 17.0. The number of aryl methyl sites for hydroxylation is 1. The minimum Gasteiger partial charge on any atom is -0.353 e. The molecule has 1 heterocycles. The number of hydrogen-bond donors (Lipinski definition) is 2. The van der Waals surface area contributed by atoms with Crippen LogP contribution < -0.4 is 10.6 Å². The van der Waals surface area contributed by atoms with Crippen LogP contribution in [0.1, 0.15) is 47.8 Å². The minimum absolute atomic E-state index is 0.0211. The Hall–Kier alpha value is -3.52. The van der Waals surface area contributed by atoms with Crippen LogP contribution in [0.25, 0.3) is 0 Å². The molecule has 1 aromatic heterocycles. The van der Waals surface area contributed by atoms with Crippen LogP contribution in [0.15, 0.2) is 66.0 Å². The molecule has 8 heteroatoms. The first kappa shape index (κ1) is 24.6. The average Bonchev–Trinajstić information content (AvgIpc) is 3.62. The standard InChI is InChI=1S/C27H30N4O3S/c1-19(12-13-20-8-4-2-5-9-20)28-24(32)16-22-18-35-27(29-22)30-25(33)17-31(23-14-15-23)26(34)21-10-6-3-7-11-21/h2-11,18-19,23H,12-17H2,1H3,(H,28,32)(H,29,30,33). The molecule has 0 radical (unpaired) electrons. The van der Waals surface area contributed by atoms with E-state index in [9.17, 15) is 14.4 Å². The van der Waals surface area contributed by atoms with Gasteiger partial charge < -0.3 is 15.5 Å². The molecule has 1 atom stereocenters. The molecular weight excluding hydrogens is 460 g/mol. The van der Waals surface area contributed by atoms with Crippen molar-refractivity contribution >= 4 is 34.2 Å². The monoisotopic (exact) mass is 490 g/mol. The molecule has 1 aliphatic rings. The van der Waals surface area contributed by atoms with Gasteiger partial charge in [-0.1, -0.05) is 48.5 Å². The molecule has 1 unspecified atom stereocenters. The fourth-order valence-corrected chi connectivity index (χ4v) is 4.58. The summed E-state index contributed by atoms with van der Waals surface area (Å²) in [6.07, 6.45) is 3.73. The zero-order chi connectivity index (χ0) is 24.6. The highest BCUT2D eigenvalue weighted by molar-refractivity contribution is 7.13. The molecule has 3 amide bonds. The smallest absolute Gasteiger partial charge is 0.254 e. The Kier molecular flexibility index (Phi) is 8.26. The van der Waals surface area contributed by atoms with Crippen LogP contribution in [0.3, 0.4) is 0 Å². The van der Waals surface area contributed by atoms with E-state index in [2.05, 4.69) is 27.8 Å². The third-order valence-corrected chi connectivity index (χ3v) is 6.65. The molecule has 0 saturated heterocycles. The van der Waals surface area contributed by atoms with Crippen LogP contribution in [-0.2, 0) is 22.4 Å². The van der Waals surface area contributed by atoms with E-state index >= 15 is 0 Å². The summed E-state index contributed by atoms with van der Waals surface area (Å²) in [5.41, 5.74) is 2.43. The molecule has 4 rings (SSSR count). The molecule has 35 heavy (non-hydrogen) atoms. The van der Waals surface area contributed by atoms with E-state index in [1.807, 2.05) is 43.3 Å².